The number of hydrogen-bond acceptors (Lipinski definition) is 2. The van der Waals surface area contributed by atoms with E-state index in [1.54, 1.807) is 0 Å². The Balaban J connectivity index is 1.24. The molecule has 0 saturated carbocycles. The molecular weight excluding hydrogens is 725 g/mol. The second-order valence-corrected chi connectivity index (χ2v) is 18.4. The topological polar surface area (TPSA) is 25.8 Å². The number of aromatic nitrogens is 2. The molecule has 0 atom stereocenters. The van der Waals surface area contributed by atoms with Crippen molar-refractivity contribution in [3.63, 3.8) is 0 Å². The summed E-state index contributed by atoms with van der Waals surface area (Å²) in [6.45, 7) is 9.35. The maximum absolute atomic E-state index is 5.80. The van der Waals surface area contributed by atoms with Crippen molar-refractivity contribution >= 4 is 75.4 Å². The average molecular weight is 763 g/mol. The first-order valence-electron chi connectivity index (χ1n) is 21.3. The van der Waals surface area contributed by atoms with E-state index in [4.69, 9.17) is 9.97 Å². The third-order valence-corrected chi connectivity index (χ3v) is 14.7. The van der Waals surface area contributed by atoms with Crippen molar-refractivity contribution in [1.82, 2.24) is 9.97 Å². The molecule has 10 aromatic carbocycles. The molecule has 12 aromatic rings. The molecule has 0 bridgehead atoms. The van der Waals surface area contributed by atoms with Crippen LogP contribution in [0.1, 0.15) is 49.9 Å². The SMILES string of the molecule is CC1(C)c2ccccc2-c2nc(-c3c4cc5c6ccccc6c6cccc(c4c(-c4ccc7c(n4)-c4ccccc4C7(C)C)c4c7cccc8cccc(c34)c87)c65)ccc21. The second kappa shape index (κ2) is 10.9. The maximum Gasteiger partial charge on any atom is 0.0753 e. The highest BCUT2D eigenvalue weighted by molar-refractivity contribution is 6.44. The zero-order valence-electron chi connectivity index (χ0n) is 33.9. The van der Waals surface area contributed by atoms with Gasteiger partial charge in [0.05, 0.1) is 22.8 Å². The number of fused-ring (bicyclic) bond motifs is 14. The van der Waals surface area contributed by atoms with Crippen molar-refractivity contribution in [1.29, 1.82) is 0 Å². The van der Waals surface area contributed by atoms with Crippen LogP contribution in [0.4, 0.5) is 0 Å². The standard InChI is InChI=1S/C58H38N2/c1-57(2)42-24-9-7-18-35(42)55-44(57)26-28-46(59-55)51-41-30-40-33-17-6-5-16-32(33)34-20-13-23-39(49(34)40)50(41)54(53-38-22-12-15-31-14-11-21-37(48(31)38)52(51)53)47-29-27-45-56(60-47)36-19-8-10-25-43(36)58(45,3)4/h5-30H,1-4H3. The zero-order valence-corrected chi connectivity index (χ0v) is 33.9. The van der Waals surface area contributed by atoms with Crippen molar-refractivity contribution in [2.45, 2.75) is 38.5 Å². The first kappa shape index (κ1) is 32.8. The normalized spacial score (nSPS) is 14.9. The molecule has 60 heavy (non-hydrogen) atoms. The summed E-state index contributed by atoms with van der Waals surface area (Å²) < 4.78 is 0. The van der Waals surface area contributed by atoms with Crippen LogP contribution in [-0.2, 0) is 10.8 Å². The van der Waals surface area contributed by atoms with Crippen molar-refractivity contribution < 1.29 is 0 Å². The lowest BCUT2D eigenvalue weighted by molar-refractivity contribution is 0.659. The molecule has 0 N–H and O–H groups in total. The summed E-state index contributed by atoms with van der Waals surface area (Å²) in [5.74, 6) is 0. The minimum Gasteiger partial charge on any atom is -0.247 e. The van der Waals surface area contributed by atoms with Gasteiger partial charge in [0, 0.05) is 49.2 Å². The van der Waals surface area contributed by atoms with Crippen LogP contribution in [0.2, 0.25) is 0 Å². The van der Waals surface area contributed by atoms with E-state index >= 15 is 0 Å². The Morgan fingerprint density at radius 1 is 0.317 bits per heavy atom. The minimum atomic E-state index is -0.138. The lowest BCUT2D eigenvalue weighted by Crippen LogP contribution is -2.15. The van der Waals surface area contributed by atoms with Crippen molar-refractivity contribution in [3.8, 4) is 45.0 Å². The van der Waals surface area contributed by atoms with Gasteiger partial charge in [0.2, 0.25) is 0 Å². The summed E-state index contributed by atoms with van der Waals surface area (Å²) in [5.41, 5.74) is 14.0. The summed E-state index contributed by atoms with van der Waals surface area (Å²) in [7, 11) is 0. The van der Waals surface area contributed by atoms with Crippen LogP contribution >= 0.6 is 0 Å². The summed E-state index contributed by atoms with van der Waals surface area (Å²) in [5, 5.41) is 17.8. The van der Waals surface area contributed by atoms with Gasteiger partial charge in [-0.25, -0.2) is 9.97 Å². The molecule has 280 valence electrons. The summed E-state index contributed by atoms with van der Waals surface area (Å²) in [6.07, 6.45) is 0. The van der Waals surface area contributed by atoms with Gasteiger partial charge in [0.25, 0.3) is 0 Å². The zero-order chi connectivity index (χ0) is 39.8. The molecule has 2 aliphatic rings. The summed E-state index contributed by atoms with van der Waals surface area (Å²) in [4.78, 5) is 11.6. The summed E-state index contributed by atoms with van der Waals surface area (Å²) >= 11 is 0. The highest BCUT2D eigenvalue weighted by Crippen LogP contribution is 2.56. The predicted molar refractivity (Wildman–Crippen MR) is 253 cm³/mol. The molecule has 2 nitrogen and oxygen atoms in total. The summed E-state index contributed by atoms with van der Waals surface area (Å²) in [6, 6.07) is 59.1. The molecule has 0 fully saturated rings. The van der Waals surface area contributed by atoms with E-state index in [-0.39, 0.29) is 10.8 Å². The molecule has 14 rings (SSSR count). The molecule has 0 aliphatic heterocycles. The van der Waals surface area contributed by atoms with Crippen LogP contribution in [0.15, 0.2) is 158 Å². The van der Waals surface area contributed by atoms with Crippen LogP contribution in [-0.4, -0.2) is 9.97 Å². The monoisotopic (exact) mass is 762 g/mol. The van der Waals surface area contributed by atoms with E-state index in [1.165, 1.54) is 120 Å². The molecule has 2 aromatic heterocycles. The highest BCUT2D eigenvalue weighted by Gasteiger charge is 2.39. The van der Waals surface area contributed by atoms with Gasteiger partial charge in [-0.15, -0.1) is 0 Å². The lowest BCUT2D eigenvalue weighted by Gasteiger charge is -2.22. The van der Waals surface area contributed by atoms with E-state index < -0.39 is 0 Å². The van der Waals surface area contributed by atoms with Gasteiger partial charge in [-0.1, -0.05) is 167 Å². The van der Waals surface area contributed by atoms with Crippen LogP contribution in [0.3, 0.4) is 0 Å². The van der Waals surface area contributed by atoms with Crippen LogP contribution in [0, 0.1) is 0 Å². The van der Waals surface area contributed by atoms with Gasteiger partial charge < -0.3 is 0 Å². The Bertz CT molecular complexity index is 3880. The smallest absolute Gasteiger partial charge is 0.0753 e. The van der Waals surface area contributed by atoms with E-state index in [0.717, 1.165) is 22.8 Å². The van der Waals surface area contributed by atoms with E-state index in [9.17, 15) is 0 Å². The Morgan fingerprint density at radius 3 is 1.40 bits per heavy atom. The largest absolute Gasteiger partial charge is 0.247 e. The Morgan fingerprint density at radius 2 is 0.783 bits per heavy atom. The molecule has 2 aliphatic carbocycles. The minimum absolute atomic E-state index is 0.137. The Hall–Kier alpha value is -7.16. The fraction of sp³-hybridized carbons (Fsp3) is 0.103. The third kappa shape index (κ3) is 3.82. The second-order valence-electron chi connectivity index (χ2n) is 18.4. The van der Waals surface area contributed by atoms with Gasteiger partial charge in [-0.3, -0.25) is 0 Å². The van der Waals surface area contributed by atoms with Crippen LogP contribution in [0.5, 0.6) is 0 Å². The molecule has 0 spiro atoms. The number of rotatable bonds is 2. The lowest BCUT2D eigenvalue weighted by atomic mass is 9.82. The molecule has 0 amide bonds. The van der Waals surface area contributed by atoms with Gasteiger partial charge in [0.15, 0.2) is 0 Å². The Labute approximate surface area is 347 Å². The fourth-order valence-corrected chi connectivity index (χ4v) is 12.0. The van der Waals surface area contributed by atoms with Gasteiger partial charge >= 0.3 is 0 Å². The van der Waals surface area contributed by atoms with E-state index in [2.05, 4.69) is 185 Å². The molecule has 2 heterocycles. The van der Waals surface area contributed by atoms with Gasteiger partial charge in [0.1, 0.15) is 0 Å². The van der Waals surface area contributed by atoms with Crippen LogP contribution in [0.25, 0.3) is 120 Å². The number of hydrogen-bond donors (Lipinski definition) is 0. The number of nitrogens with zero attached hydrogens (tertiary/aromatic N) is 2. The first-order valence-corrected chi connectivity index (χ1v) is 21.3. The average Bonchev–Trinajstić information content (AvgIpc) is 3.93. The molecule has 2 heteroatoms. The van der Waals surface area contributed by atoms with Crippen molar-refractivity contribution in [2.75, 3.05) is 0 Å². The maximum atomic E-state index is 5.80. The highest BCUT2D eigenvalue weighted by atomic mass is 14.8. The van der Waals surface area contributed by atoms with Gasteiger partial charge in [-0.05, 0) is 99.7 Å². The van der Waals surface area contributed by atoms with Crippen molar-refractivity contribution in [3.05, 3.63) is 180 Å². The van der Waals surface area contributed by atoms with Gasteiger partial charge in [-0.2, -0.15) is 0 Å². The van der Waals surface area contributed by atoms with E-state index in [1.807, 2.05) is 0 Å². The fourth-order valence-electron chi connectivity index (χ4n) is 12.0. The van der Waals surface area contributed by atoms with E-state index in [0.29, 0.717) is 0 Å². The Kier molecular flexibility index (Phi) is 5.95. The number of benzene rings is 8. The molecule has 0 unspecified atom stereocenters. The predicted octanol–water partition coefficient (Wildman–Crippen LogP) is 15.4. The molecule has 0 radical (unpaired) electrons. The quantitative estimate of drug-likeness (QED) is 0.164. The molecule has 0 saturated heterocycles. The van der Waals surface area contributed by atoms with Crippen LogP contribution < -0.4 is 0 Å². The van der Waals surface area contributed by atoms with Crippen molar-refractivity contribution in [2.24, 2.45) is 0 Å². The number of pyridine rings is 2. The molecular formula is C58H38N2. The third-order valence-electron chi connectivity index (χ3n) is 14.7. The first-order chi connectivity index (χ1) is 29.3.